The van der Waals surface area contributed by atoms with E-state index < -0.39 is 0 Å². The Hall–Kier alpha value is -0.420. The van der Waals surface area contributed by atoms with E-state index >= 15 is 0 Å². The van der Waals surface area contributed by atoms with Gasteiger partial charge >= 0.3 is 0 Å². The van der Waals surface area contributed by atoms with E-state index in [1.54, 1.807) is 0 Å². The van der Waals surface area contributed by atoms with Gasteiger partial charge in [-0.1, -0.05) is 12.1 Å². The molecule has 1 aromatic rings. The molecule has 0 saturated heterocycles. The summed E-state index contributed by atoms with van der Waals surface area (Å²) < 4.78 is 2.69. The number of hydrogen-bond donors (Lipinski definition) is 1. The summed E-state index contributed by atoms with van der Waals surface area (Å²) in [5, 5.41) is 11.2. The fraction of sp³-hybridized carbons (Fsp3) is 0.778. The molecule has 0 amide bonds. The van der Waals surface area contributed by atoms with Crippen molar-refractivity contribution in [3.63, 3.8) is 0 Å². The minimum atomic E-state index is 0.580. The van der Waals surface area contributed by atoms with E-state index in [0.29, 0.717) is 6.04 Å². The molecule has 80 valence electrons. The molecule has 0 radical (unpaired) electrons. The van der Waals surface area contributed by atoms with Gasteiger partial charge in [0.25, 0.3) is 0 Å². The second kappa shape index (κ2) is 5.46. The van der Waals surface area contributed by atoms with Gasteiger partial charge in [0.1, 0.15) is 0 Å². The first-order valence-corrected chi connectivity index (χ1v) is 5.69. The second-order valence-electron chi connectivity index (χ2n) is 3.38. The van der Waals surface area contributed by atoms with E-state index in [0.717, 1.165) is 23.9 Å². The van der Waals surface area contributed by atoms with E-state index in [9.17, 15) is 0 Å². The van der Waals surface area contributed by atoms with E-state index in [1.165, 1.54) is 5.69 Å². The van der Waals surface area contributed by atoms with Crippen LogP contribution in [0.1, 0.15) is 25.5 Å². The van der Waals surface area contributed by atoms with Gasteiger partial charge in [-0.25, -0.2) is 0 Å². The molecular weight excluding hydrogens is 244 g/mol. The van der Waals surface area contributed by atoms with Crippen molar-refractivity contribution in [2.45, 2.75) is 32.2 Å². The Labute approximate surface area is 93.2 Å². The first-order chi connectivity index (χ1) is 6.69. The monoisotopic (exact) mass is 260 g/mol. The predicted octanol–water partition coefficient (Wildman–Crippen LogP) is 1.51. The molecule has 4 nitrogen and oxygen atoms in total. The Morgan fingerprint density at radius 2 is 2.29 bits per heavy atom. The maximum atomic E-state index is 3.95. The lowest BCUT2D eigenvalue weighted by molar-refractivity contribution is 0.499. The van der Waals surface area contributed by atoms with Crippen molar-refractivity contribution < 1.29 is 0 Å². The molecule has 0 aliphatic rings. The van der Waals surface area contributed by atoms with Crippen molar-refractivity contribution in [2.24, 2.45) is 7.05 Å². The Morgan fingerprint density at radius 3 is 2.71 bits per heavy atom. The molecule has 5 heteroatoms. The number of aryl methyl sites for hydroxylation is 1. The summed E-state index contributed by atoms with van der Waals surface area (Å²) >= 11 is 3.40. The molecule has 1 unspecified atom stereocenters. The van der Waals surface area contributed by atoms with Gasteiger partial charge in [0.15, 0.2) is 4.60 Å². The van der Waals surface area contributed by atoms with Crippen LogP contribution >= 0.6 is 15.9 Å². The van der Waals surface area contributed by atoms with Crippen LogP contribution in [0.25, 0.3) is 0 Å². The highest BCUT2D eigenvalue weighted by Crippen LogP contribution is 2.14. The molecule has 0 bridgehead atoms. The summed E-state index contributed by atoms with van der Waals surface area (Å²) in [6.07, 6.45) is 3.27. The Bertz CT molecular complexity index is 261. The molecule has 0 aromatic carbocycles. The van der Waals surface area contributed by atoms with Crippen molar-refractivity contribution in [3.8, 4) is 0 Å². The van der Waals surface area contributed by atoms with Gasteiger partial charge < -0.3 is 5.32 Å². The van der Waals surface area contributed by atoms with E-state index in [-0.39, 0.29) is 0 Å². The third-order valence-electron chi connectivity index (χ3n) is 2.53. The molecule has 1 rings (SSSR count). The van der Waals surface area contributed by atoms with Crippen LogP contribution in [-0.2, 0) is 13.5 Å². The van der Waals surface area contributed by atoms with Crippen LogP contribution in [0.4, 0.5) is 0 Å². The number of halogens is 1. The van der Waals surface area contributed by atoms with Crippen LogP contribution in [0.2, 0.25) is 0 Å². The number of hydrogen-bond acceptors (Lipinski definition) is 3. The molecule has 0 saturated carbocycles. The average Bonchev–Trinajstić information content (AvgIpc) is 2.50. The van der Waals surface area contributed by atoms with Crippen LogP contribution in [0, 0.1) is 0 Å². The summed E-state index contributed by atoms with van der Waals surface area (Å²) in [5.74, 6) is 0. The summed E-state index contributed by atoms with van der Waals surface area (Å²) in [6, 6.07) is 0.580. The molecule has 14 heavy (non-hydrogen) atoms. The molecule has 0 fully saturated rings. The summed E-state index contributed by atoms with van der Waals surface area (Å²) in [5.41, 5.74) is 1.17. The molecular formula is C9H17BrN4. The highest BCUT2D eigenvalue weighted by atomic mass is 79.9. The first kappa shape index (κ1) is 11.7. The zero-order valence-electron chi connectivity index (χ0n) is 8.92. The maximum Gasteiger partial charge on any atom is 0.151 e. The lowest BCUT2D eigenvalue weighted by Gasteiger charge is -2.12. The number of nitrogens with one attached hydrogen (secondary N) is 1. The minimum absolute atomic E-state index is 0.580. The molecule has 1 atom stereocenters. The fourth-order valence-corrected chi connectivity index (χ4v) is 2.01. The van der Waals surface area contributed by atoms with Gasteiger partial charge in [0.05, 0.1) is 5.69 Å². The lowest BCUT2D eigenvalue weighted by Crippen LogP contribution is -2.25. The molecule has 0 aliphatic carbocycles. The van der Waals surface area contributed by atoms with Gasteiger partial charge in [0.2, 0.25) is 0 Å². The Balaban J connectivity index is 2.52. The number of rotatable bonds is 5. The normalized spacial score (nSPS) is 13.1. The largest absolute Gasteiger partial charge is 0.317 e. The molecule has 1 N–H and O–H groups in total. The second-order valence-corrected chi connectivity index (χ2v) is 4.13. The SMILES string of the molecule is CCC(CCc1c(Br)nnn1C)NC. The van der Waals surface area contributed by atoms with Crippen LogP contribution < -0.4 is 5.32 Å². The average molecular weight is 261 g/mol. The zero-order valence-corrected chi connectivity index (χ0v) is 10.5. The summed E-state index contributed by atoms with van der Waals surface area (Å²) in [7, 11) is 3.93. The predicted molar refractivity (Wildman–Crippen MR) is 60.2 cm³/mol. The third kappa shape index (κ3) is 2.78. The smallest absolute Gasteiger partial charge is 0.151 e. The van der Waals surface area contributed by atoms with Crippen molar-refractivity contribution in [1.29, 1.82) is 0 Å². The lowest BCUT2D eigenvalue weighted by atomic mass is 10.1. The maximum absolute atomic E-state index is 3.95. The van der Waals surface area contributed by atoms with E-state index in [2.05, 4.69) is 38.5 Å². The first-order valence-electron chi connectivity index (χ1n) is 4.90. The molecule has 1 heterocycles. The van der Waals surface area contributed by atoms with Crippen molar-refractivity contribution in [3.05, 3.63) is 10.3 Å². The molecule has 1 aromatic heterocycles. The summed E-state index contributed by atoms with van der Waals surface area (Å²) in [4.78, 5) is 0. The van der Waals surface area contributed by atoms with Crippen LogP contribution in [-0.4, -0.2) is 28.1 Å². The topological polar surface area (TPSA) is 42.7 Å². The Kier molecular flexibility index (Phi) is 4.54. The standard InChI is InChI=1S/C9H17BrN4/c1-4-7(11-2)5-6-8-9(10)12-13-14(8)3/h7,11H,4-6H2,1-3H3. The molecule has 0 spiro atoms. The highest BCUT2D eigenvalue weighted by Gasteiger charge is 2.10. The van der Waals surface area contributed by atoms with Crippen LogP contribution in [0.5, 0.6) is 0 Å². The minimum Gasteiger partial charge on any atom is -0.317 e. The van der Waals surface area contributed by atoms with Gasteiger partial charge in [-0.05, 0) is 42.2 Å². The Morgan fingerprint density at radius 1 is 1.57 bits per heavy atom. The van der Waals surface area contributed by atoms with Crippen molar-refractivity contribution >= 4 is 15.9 Å². The summed E-state index contributed by atoms with van der Waals surface area (Å²) in [6.45, 7) is 2.19. The van der Waals surface area contributed by atoms with Crippen molar-refractivity contribution in [2.75, 3.05) is 7.05 Å². The van der Waals surface area contributed by atoms with Crippen molar-refractivity contribution in [1.82, 2.24) is 20.3 Å². The van der Waals surface area contributed by atoms with Crippen LogP contribution in [0.15, 0.2) is 4.60 Å². The fourth-order valence-electron chi connectivity index (χ4n) is 1.48. The van der Waals surface area contributed by atoms with E-state index in [4.69, 9.17) is 0 Å². The van der Waals surface area contributed by atoms with Gasteiger partial charge in [-0.15, -0.1) is 5.10 Å². The van der Waals surface area contributed by atoms with Crippen LogP contribution in [0.3, 0.4) is 0 Å². The quantitative estimate of drug-likeness (QED) is 0.873. The zero-order chi connectivity index (χ0) is 10.6. The molecule has 0 aliphatic heterocycles. The van der Waals surface area contributed by atoms with Gasteiger partial charge in [0, 0.05) is 13.1 Å². The van der Waals surface area contributed by atoms with Gasteiger partial charge in [-0.3, -0.25) is 4.68 Å². The number of nitrogens with zero attached hydrogens (tertiary/aromatic N) is 3. The van der Waals surface area contributed by atoms with E-state index in [1.807, 2.05) is 18.8 Å². The highest BCUT2D eigenvalue weighted by molar-refractivity contribution is 9.10. The third-order valence-corrected chi connectivity index (χ3v) is 3.14. The number of aromatic nitrogens is 3. The van der Waals surface area contributed by atoms with Gasteiger partial charge in [-0.2, -0.15) is 0 Å².